The maximum absolute atomic E-state index is 11.9. The highest BCUT2D eigenvalue weighted by molar-refractivity contribution is 6.15. The molecular formula is C11H12N2O3. The standard InChI is InChI=1S/C11H12N2O3/c12-11(10(15)16)6-7-13(9(11)14)8-4-2-1-3-5-8/h1-5H,6-7,12H2,(H,15,16). The van der Waals surface area contributed by atoms with Gasteiger partial charge in [-0.15, -0.1) is 0 Å². The topological polar surface area (TPSA) is 83.6 Å². The van der Waals surface area contributed by atoms with Crippen molar-refractivity contribution in [2.24, 2.45) is 5.73 Å². The number of rotatable bonds is 2. The Labute approximate surface area is 92.5 Å². The van der Waals surface area contributed by atoms with Crippen molar-refractivity contribution in [3.63, 3.8) is 0 Å². The van der Waals surface area contributed by atoms with E-state index in [-0.39, 0.29) is 6.42 Å². The zero-order chi connectivity index (χ0) is 11.8. The largest absolute Gasteiger partial charge is 0.479 e. The molecule has 1 aliphatic rings. The molecule has 0 aliphatic carbocycles. The molecule has 1 aromatic carbocycles. The zero-order valence-electron chi connectivity index (χ0n) is 8.59. The molecule has 1 saturated heterocycles. The van der Waals surface area contributed by atoms with Gasteiger partial charge in [-0.05, 0) is 12.1 Å². The minimum Gasteiger partial charge on any atom is -0.479 e. The lowest BCUT2D eigenvalue weighted by atomic mass is 10.00. The molecule has 2 rings (SSSR count). The molecule has 84 valence electrons. The van der Waals surface area contributed by atoms with Gasteiger partial charge in [-0.1, -0.05) is 18.2 Å². The third-order valence-corrected chi connectivity index (χ3v) is 2.81. The molecule has 5 nitrogen and oxygen atoms in total. The quantitative estimate of drug-likeness (QED) is 0.697. The normalized spacial score (nSPS) is 24.8. The molecule has 1 heterocycles. The van der Waals surface area contributed by atoms with E-state index >= 15 is 0 Å². The van der Waals surface area contributed by atoms with Crippen LogP contribution >= 0.6 is 0 Å². The summed E-state index contributed by atoms with van der Waals surface area (Å²) in [5, 5.41) is 8.94. The summed E-state index contributed by atoms with van der Waals surface area (Å²) in [7, 11) is 0. The number of aliphatic carboxylic acids is 1. The Morgan fingerprint density at radius 2 is 2.00 bits per heavy atom. The monoisotopic (exact) mass is 220 g/mol. The number of hydrogen-bond donors (Lipinski definition) is 2. The summed E-state index contributed by atoms with van der Waals surface area (Å²) < 4.78 is 0. The van der Waals surface area contributed by atoms with Crippen molar-refractivity contribution >= 4 is 17.6 Å². The number of carboxylic acid groups (broad SMARTS) is 1. The number of para-hydroxylation sites is 1. The van der Waals surface area contributed by atoms with Crippen molar-refractivity contribution in [1.82, 2.24) is 0 Å². The highest BCUT2D eigenvalue weighted by Gasteiger charge is 2.50. The molecule has 16 heavy (non-hydrogen) atoms. The van der Waals surface area contributed by atoms with E-state index in [1.54, 1.807) is 24.3 Å². The molecule has 1 unspecified atom stereocenters. The van der Waals surface area contributed by atoms with Gasteiger partial charge in [0.15, 0.2) is 5.54 Å². The minimum atomic E-state index is -1.77. The molecule has 1 atom stereocenters. The first-order valence-electron chi connectivity index (χ1n) is 4.95. The fraction of sp³-hybridized carbons (Fsp3) is 0.273. The van der Waals surface area contributed by atoms with Crippen LogP contribution in [0.4, 0.5) is 5.69 Å². The number of nitrogens with zero attached hydrogens (tertiary/aromatic N) is 1. The molecule has 5 heteroatoms. The van der Waals surface area contributed by atoms with E-state index < -0.39 is 17.4 Å². The molecule has 1 aliphatic heterocycles. The molecular weight excluding hydrogens is 208 g/mol. The second-order valence-electron chi connectivity index (χ2n) is 3.82. The van der Waals surface area contributed by atoms with Gasteiger partial charge < -0.3 is 15.7 Å². The van der Waals surface area contributed by atoms with E-state index in [9.17, 15) is 9.59 Å². The second-order valence-corrected chi connectivity index (χ2v) is 3.82. The second kappa shape index (κ2) is 3.61. The van der Waals surface area contributed by atoms with Crippen LogP contribution in [-0.2, 0) is 9.59 Å². The van der Waals surface area contributed by atoms with Crippen LogP contribution in [0.3, 0.4) is 0 Å². The van der Waals surface area contributed by atoms with Crippen LogP contribution in [0, 0.1) is 0 Å². The number of carbonyl (C=O) groups excluding carboxylic acids is 1. The third-order valence-electron chi connectivity index (χ3n) is 2.81. The average molecular weight is 220 g/mol. The van der Waals surface area contributed by atoms with Crippen LogP contribution in [0.15, 0.2) is 30.3 Å². The van der Waals surface area contributed by atoms with E-state index in [2.05, 4.69) is 0 Å². The number of carboxylic acids is 1. The van der Waals surface area contributed by atoms with Gasteiger partial charge in [-0.2, -0.15) is 0 Å². The Morgan fingerprint density at radius 3 is 2.50 bits per heavy atom. The number of nitrogens with two attached hydrogens (primary N) is 1. The molecule has 3 N–H and O–H groups in total. The van der Waals surface area contributed by atoms with Crippen molar-refractivity contribution in [3.8, 4) is 0 Å². The van der Waals surface area contributed by atoms with Gasteiger partial charge in [0.2, 0.25) is 0 Å². The predicted molar refractivity (Wildman–Crippen MR) is 58.0 cm³/mol. The molecule has 0 saturated carbocycles. The summed E-state index contributed by atoms with van der Waals surface area (Å²) in [5.41, 5.74) is 4.50. The summed E-state index contributed by atoms with van der Waals surface area (Å²) in [6.07, 6.45) is 0.135. The van der Waals surface area contributed by atoms with Crippen molar-refractivity contribution in [2.75, 3.05) is 11.4 Å². The fourth-order valence-electron chi connectivity index (χ4n) is 1.79. The SMILES string of the molecule is NC1(C(=O)O)CCN(c2ccccc2)C1=O. The molecule has 0 radical (unpaired) electrons. The number of amides is 1. The lowest BCUT2D eigenvalue weighted by molar-refractivity contribution is -0.146. The van der Waals surface area contributed by atoms with E-state index in [0.717, 1.165) is 0 Å². The van der Waals surface area contributed by atoms with Gasteiger partial charge in [-0.25, -0.2) is 4.79 Å². The molecule has 1 aromatic rings. The van der Waals surface area contributed by atoms with Crippen LogP contribution in [0.2, 0.25) is 0 Å². The Bertz CT molecular complexity index is 432. The van der Waals surface area contributed by atoms with E-state index in [0.29, 0.717) is 12.2 Å². The summed E-state index contributed by atoms with van der Waals surface area (Å²) in [6, 6.07) is 8.92. The van der Waals surface area contributed by atoms with Crippen LogP contribution in [-0.4, -0.2) is 29.1 Å². The molecule has 1 fully saturated rings. The summed E-state index contributed by atoms with van der Waals surface area (Å²) in [5.74, 6) is -1.82. The molecule has 1 amide bonds. The Hall–Kier alpha value is -1.88. The third kappa shape index (κ3) is 1.45. The van der Waals surface area contributed by atoms with Gasteiger partial charge in [-0.3, -0.25) is 4.79 Å². The summed E-state index contributed by atoms with van der Waals surface area (Å²) in [4.78, 5) is 24.2. The van der Waals surface area contributed by atoms with Crippen molar-refractivity contribution < 1.29 is 14.7 Å². The summed E-state index contributed by atoms with van der Waals surface area (Å²) >= 11 is 0. The Morgan fingerprint density at radius 1 is 1.38 bits per heavy atom. The Balaban J connectivity index is 2.30. The van der Waals surface area contributed by atoms with E-state index in [1.807, 2.05) is 6.07 Å². The molecule has 0 aromatic heterocycles. The number of carbonyl (C=O) groups is 2. The van der Waals surface area contributed by atoms with Crippen LogP contribution in [0.25, 0.3) is 0 Å². The predicted octanol–water partition coefficient (Wildman–Crippen LogP) is 0.205. The summed E-state index contributed by atoms with van der Waals surface area (Å²) in [6.45, 7) is 0.339. The van der Waals surface area contributed by atoms with E-state index in [1.165, 1.54) is 4.90 Å². The van der Waals surface area contributed by atoms with Gasteiger partial charge in [0.05, 0.1) is 0 Å². The van der Waals surface area contributed by atoms with Gasteiger partial charge in [0.25, 0.3) is 5.91 Å². The van der Waals surface area contributed by atoms with E-state index in [4.69, 9.17) is 10.8 Å². The smallest absolute Gasteiger partial charge is 0.333 e. The van der Waals surface area contributed by atoms with Crippen LogP contribution < -0.4 is 10.6 Å². The van der Waals surface area contributed by atoms with Crippen molar-refractivity contribution in [1.29, 1.82) is 0 Å². The number of anilines is 1. The van der Waals surface area contributed by atoms with Crippen LogP contribution in [0.1, 0.15) is 6.42 Å². The highest BCUT2D eigenvalue weighted by Crippen LogP contribution is 2.26. The first kappa shape index (κ1) is 10.6. The maximum Gasteiger partial charge on any atom is 0.333 e. The zero-order valence-corrected chi connectivity index (χ0v) is 8.59. The molecule has 0 bridgehead atoms. The Kier molecular flexibility index (Phi) is 2.40. The first-order valence-corrected chi connectivity index (χ1v) is 4.95. The highest BCUT2D eigenvalue weighted by atomic mass is 16.4. The van der Waals surface area contributed by atoms with Gasteiger partial charge in [0.1, 0.15) is 0 Å². The average Bonchev–Trinajstić information content (AvgIpc) is 2.59. The first-order chi connectivity index (χ1) is 7.55. The van der Waals surface area contributed by atoms with Crippen LogP contribution in [0.5, 0.6) is 0 Å². The lowest BCUT2D eigenvalue weighted by Gasteiger charge is -2.19. The number of hydrogen-bond acceptors (Lipinski definition) is 3. The molecule has 0 spiro atoms. The minimum absolute atomic E-state index is 0.135. The van der Waals surface area contributed by atoms with Gasteiger partial charge >= 0.3 is 5.97 Å². The fourth-order valence-corrected chi connectivity index (χ4v) is 1.79. The lowest BCUT2D eigenvalue weighted by Crippen LogP contribution is -2.54. The van der Waals surface area contributed by atoms with Gasteiger partial charge in [0, 0.05) is 18.7 Å². The van der Waals surface area contributed by atoms with Crippen molar-refractivity contribution in [3.05, 3.63) is 30.3 Å². The number of benzene rings is 1. The maximum atomic E-state index is 11.9. The van der Waals surface area contributed by atoms with Crippen molar-refractivity contribution in [2.45, 2.75) is 12.0 Å².